The third kappa shape index (κ3) is 5.66. The Bertz CT molecular complexity index is 429. The van der Waals surface area contributed by atoms with Gasteiger partial charge in [0.2, 0.25) is 0 Å². The Morgan fingerprint density at radius 2 is 1.95 bits per heavy atom. The normalized spacial score (nSPS) is 12.7. The monoisotopic (exact) mass is 292 g/mol. The van der Waals surface area contributed by atoms with Gasteiger partial charge in [-0.05, 0) is 45.6 Å². The van der Waals surface area contributed by atoms with Crippen LogP contribution in [-0.2, 0) is 6.42 Å². The van der Waals surface area contributed by atoms with Crippen LogP contribution in [0.5, 0.6) is 5.75 Å². The number of nitrogens with zero attached hydrogens (tertiary/aromatic N) is 1. The van der Waals surface area contributed by atoms with Crippen molar-refractivity contribution >= 4 is 0 Å². The molecule has 1 atom stereocenters. The van der Waals surface area contributed by atoms with Crippen LogP contribution in [0, 0.1) is 19.8 Å². The van der Waals surface area contributed by atoms with Crippen molar-refractivity contribution in [3.8, 4) is 5.75 Å². The summed E-state index contributed by atoms with van der Waals surface area (Å²) >= 11 is 0. The fourth-order valence-corrected chi connectivity index (χ4v) is 2.67. The highest BCUT2D eigenvalue weighted by molar-refractivity contribution is 5.41. The molecule has 0 aliphatic carbocycles. The second-order valence-electron chi connectivity index (χ2n) is 6.37. The van der Waals surface area contributed by atoms with E-state index in [1.54, 1.807) is 7.11 Å². The van der Waals surface area contributed by atoms with Gasteiger partial charge in [-0.15, -0.1) is 0 Å². The van der Waals surface area contributed by atoms with Crippen molar-refractivity contribution in [3.05, 3.63) is 23.0 Å². The first-order valence-electron chi connectivity index (χ1n) is 8.22. The van der Waals surface area contributed by atoms with Gasteiger partial charge in [0.1, 0.15) is 5.75 Å². The number of aromatic nitrogens is 1. The molecular formula is C18H32N2O. The van der Waals surface area contributed by atoms with Crippen molar-refractivity contribution in [1.82, 2.24) is 10.3 Å². The SMILES string of the molecule is CCCNC(CCC(C)C)Cc1ncc(C)c(OC)c1C. The molecule has 0 saturated carbocycles. The van der Waals surface area contributed by atoms with Crippen LogP contribution in [0.1, 0.15) is 56.9 Å². The van der Waals surface area contributed by atoms with E-state index < -0.39 is 0 Å². The average Bonchev–Trinajstić information content (AvgIpc) is 2.44. The Morgan fingerprint density at radius 3 is 2.52 bits per heavy atom. The molecule has 1 unspecified atom stereocenters. The quantitative estimate of drug-likeness (QED) is 0.745. The molecule has 1 aromatic heterocycles. The predicted octanol–water partition coefficient (Wildman–Crippen LogP) is 4.05. The number of hydrogen-bond acceptors (Lipinski definition) is 3. The molecule has 1 aromatic rings. The first-order chi connectivity index (χ1) is 9.99. The van der Waals surface area contributed by atoms with Crippen molar-refractivity contribution < 1.29 is 4.74 Å². The summed E-state index contributed by atoms with van der Waals surface area (Å²) in [6, 6.07) is 0.506. The highest BCUT2D eigenvalue weighted by atomic mass is 16.5. The lowest BCUT2D eigenvalue weighted by Gasteiger charge is -2.21. The van der Waals surface area contributed by atoms with Gasteiger partial charge in [0.15, 0.2) is 0 Å². The lowest BCUT2D eigenvalue weighted by atomic mass is 9.97. The molecule has 0 spiro atoms. The van der Waals surface area contributed by atoms with Crippen molar-refractivity contribution in [2.75, 3.05) is 13.7 Å². The Balaban J connectivity index is 2.81. The number of methoxy groups -OCH3 is 1. The minimum Gasteiger partial charge on any atom is -0.496 e. The molecule has 0 amide bonds. The number of hydrogen-bond donors (Lipinski definition) is 1. The van der Waals surface area contributed by atoms with Crippen LogP contribution in [0.25, 0.3) is 0 Å². The third-order valence-corrected chi connectivity index (χ3v) is 3.97. The maximum Gasteiger partial charge on any atom is 0.128 e. The first-order valence-corrected chi connectivity index (χ1v) is 8.22. The lowest BCUT2D eigenvalue weighted by molar-refractivity contribution is 0.402. The van der Waals surface area contributed by atoms with Crippen molar-refractivity contribution in [3.63, 3.8) is 0 Å². The molecule has 0 aliphatic rings. The van der Waals surface area contributed by atoms with Gasteiger partial charge in [-0.1, -0.05) is 20.8 Å². The number of rotatable bonds is 9. The average molecular weight is 292 g/mol. The van der Waals surface area contributed by atoms with E-state index in [-0.39, 0.29) is 0 Å². The van der Waals surface area contributed by atoms with Gasteiger partial charge < -0.3 is 10.1 Å². The van der Waals surface area contributed by atoms with Gasteiger partial charge in [-0.3, -0.25) is 4.98 Å². The molecule has 1 N–H and O–H groups in total. The Kier molecular flexibility index (Phi) is 7.73. The van der Waals surface area contributed by atoms with Gasteiger partial charge >= 0.3 is 0 Å². The van der Waals surface area contributed by atoms with Gasteiger partial charge in [0.25, 0.3) is 0 Å². The second kappa shape index (κ2) is 9.04. The van der Waals surface area contributed by atoms with Gasteiger partial charge in [0, 0.05) is 35.5 Å². The molecule has 1 heterocycles. The van der Waals surface area contributed by atoms with E-state index in [0.717, 1.165) is 35.9 Å². The summed E-state index contributed by atoms with van der Waals surface area (Å²) in [5.41, 5.74) is 3.46. The molecule has 0 aliphatic heterocycles. The molecule has 3 nitrogen and oxygen atoms in total. The van der Waals surface area contributed by atoms with Gasteiger partial charge in [-0.2, -0.15) is 0 Å². The highest BCUT2D eigenvalue weighted by Gasteiger charge is 2.15. The number of pyridine rings is 1. The standard InChI is InChI=1S/C18H32N2O/c1-7-10-19-16(9-8-13(2)3)11-17-15(5)18(21-6)14(4)12-20-17/h12-13,16,19H,7-11H2,1-6H3. The van der Waals surface area contributed by atoms with Crippen molar-refractivity contribution in [2.24, 2.45) is 5.92 Å². The summed E-state index contributed by atoms with van der Waals surface area (Å²) in [7, 11) is 1.74. The lowest BCUT2D eigenvalue weighted by Crippen LogP contribution is -2.32. The van der Waals surface area contributed by atoms with Crippen LogP contribution in [0.4, 0.5) is 0 Å². The molecule has 0 fully saturated rings. The van der Waals surface area contributed by atoms with E-state index in [2.05, 4.69) is 38.0 Å². The van der Waals surface area contributed by atoms with Crippen molar-refractivity contribution in [1.29, 1.82) is 0 Å². The maximum atomic E-state index is 5.52. The molecule has 0 saturated heterocycles. The molecule has 0 aromatic carbocycles. The zero-order valence-electron chi connectivity index (χ0n) is 14.6. The summed E-state index contributed by atoms with van der Waals surface area (Å²) in [5.74, 6) is 1.73. The molecule has 21 heavy (non-hydrogen) atoms. The topological polar surface area (TPSA) is 34.2 Å². The van der Waals surface area contributed by atoms with Crippen LogP contribution in [-0.4, -0.2) is 24.7 Å². The summed E-state index contributed by atoms with van der Waals surface area (Å²) < 4.78 is 5.52. The van der Waals surface area contributed by atoms with Crippen LogP contribution in [0.3, 0.4) is 0 Å². The van der Waals surface area contributed by atoms with E-state index in [4.69, 9.17) is 4.74 Å². The zero-order valence-corrected chi connectivity index (χ0v) is 14.6. The zero-order chi connectivity index (χ0) is 15.8. The molecular weight excluding hydrogens is 260 g/mol. The van der Waals surface area contributed by atoms with Crippen LogP contribution in [0.15, 0.2) is 6.20 Å². The summed E-state index contributed by atoms with van der Waals surface area (Å²) in [5, 5.41) is 3.67. The van der Waals surface area contributed by atoms with Crippen LogP contribution < -0.4 is 10.1 Å². The van der Waals surface area contributed by atoms with E-state index in [0.29, 0.717) is 6.04 Å². The van der Waals surface area contributed by atoms with Gasteiger partial charge in [-0.25, -0.2) is 0 Å². The summed E-state index contributed by atoms with van der Waals surface area (Å²) in [6.45, 7) is 12.0. The van der Waals surface area contributed by atoms with E-state index in [1.807, 2.05) is 13.1 Å². The van der Waals surface area contributed by atoms with Gasteiger partial charge in [0.05, 0.1) is 7.11 Å². The molecule has 3 heteroatoms. The Labute approximate surface area is 130 Å². The Morgan fingerprint density at radius 1 is 1.24 bits per heavy atom. The first kappa shape index (κ1) is 18.0. The fourth-order valence-electron chi connectivity index (χ4n) is 2.67. The molecule has 0 bridgehead atoms. The van der Waals surface area contributed by atoms with E-state index >= 15 is 0 Å². The highest BCUT2D eigenvalue weighted by Crippen LogP contribution is 2.25. The largest absolute Gasteiger partial charge is 0.496 e. The fraction of sp³-hybridized carbons (Fsp3) is 0.722. The van der Waals surface area contributed by atoms with Crippen molar-refractivity contribution in [2.45, 2.75) is 66.3 Å². The number of nitrogens with one attached hydrogen (secondary N) is 1. The van der Waals surface area contributed by atoms with E-state index in [1.165, 1.54) is 24.8 Å². The Hall–Kier alpha value is -1.09. The third-order valence-electron chi connectivity index (χ3n) is 3.97. The van der Waals surface area contributed by atoms with Crippen LogP contribution >= 0.6 is 0 Å². The second-order valence-corrected chi connectivity index (χ2v) is 6.37. The molecule has 1 rings (SSSR count). The van der Waals surface area contributed by atoms with Crippen LogP contribution in [0.2, 0.25) is 0 Å². The molecule has 120 valence electrons. The molecule has 0 radical (unpaired) electrons. The minimum atomic E-state index is 0.506. The summed E-state index contributed by atoms with van der Waals surface area (Å²) in [6.07, 6.45) is 6.54. The number of ether oxygens (including phenoxy) is 1. The predicted molar refractivity (Wildman–Crippen MR) is 90.1 cm³/mol. The maximum absolute atomic E-state index is 5.52. The summed E-state index contributed by atoms with van der Waals surface area (Å²) in [4.78, 5) is 4.64. The van der Waals surface area contributed by atoms with E-state index in [9.17, 15) is 0 Å². The minimum absolute atomic E-state index is 0.506. The smallest absolute Gasteiger partial charge is 0.128 e. The number of aryl methyl sites for hydroxylation is 1.